The fourth-order valence-corrected chi connectivity index (χ4v) is 7.06. The zero-order chi connectivity index (χ0) is 25.7. The van der Waals surface area contributed by atoms with Gasteiger partial charge < -0.3 is 4.90 Å². The van der Waals surface area contributed by atoms with E-state index in [9.17, 15) is 23.2 Å². The third-order valence-corrected chi connectivity index (χ3v) is 9.52. The van der Waals surface area contributed by atoms with Crippen LogP contribution in [0.5, 0.6) is 0 Å². The van der Waals surface area contributed by atoms with E-state index in [0.717, 1.165) is 35.7 Å². The van der Waals surface area contributed by atoms with E-state index in [1.165, 1.54) is 0 Å². The number of alkyl halides is 3. The molecule has 5 aliphatic rings. The van der Waals surface area contributed by atoms with E-state index in [1.807, 2.05) is 23.1 Å². The highest BCUT2D eigenvalue weighted by Gasteiger charge is 2.60. The number of aromatic nitrogens is 3. The van der Waals surface area contributed by atoms with Crippen molar-refractivity contribution in [3.8, 4) is 11.8 Å². The Balaban J connectivity index is 1.10. The lowest BCUT2D eigenvalue weighted by molar-refractivity contribution is -0.207. The predicted molar refractivity (Wildman–Crippen MR) is 126 cm³/mol. The second-order valence-corrected chi connectivity index (χ2v) is 12.2. The summed E-state index contributed by atoms with van der Waals surface area (Å²) in [6.45, 7) is 2.33. The second-order valence-electron chi connectivity index (χ2n) is 11.8. The molecule has 1 saturated heterocycles. The number of nitriles is 1. The zero-order valence-corrected chi connectivity index (χ0v) is 20.9. The quantitative estimate of drug-likeness (QED) is 0.580. The van der Waals surface area contributed by atoms with Gasteiger partial charge >= 0.3 is 6.18 Å². The number of carbonyl (C=O) groups excluding carboxylic acids is 1. The second kappa shape index (κ2) is 7.70. The molecule has 0 bridgehead atoms. The van der Waals surface area contributed by atoms with Gasteiger partial charge in [0.2, 0.25) is 5.91 Å². The van der Waals surface area contributed by atoms with E-state index in [4.69, 9.17) is 11.6 Å². The molecule has 3 saturated carbocycles. The highest BCUT2D eigenvalue weighted by atomic mass is 35.5. The first-order valence-corrected chi connectivity index (χ1v) is 13.2. The van der Waals surface area contributed by atoms with Crippen molar-refractivity contribution in [2.24, 2.45) is 16.7 Å². The molecule has 0 atom stereocenters. The van der Waals surface area contributed by atoms with Gasteiger partial charge in [0.15, 0.2) is 5.82 Å². The monoisotopic (exact) mass is 530 g/mol. The molecule has 11 heteroatoms. The van der Waals surface area contributed by atoms with Crippen LogP contribution in [0.4, 0.5) is 13.2 Å². The van der Waals surface area contributed by atoms with Crippen LogP contribution in [-0.4, -0.2) is 55.8 Å². The number of likely N-dealkylation sites (tertiary alicyclic amines) is 1. The molecule has 7 rings (SSSR count). The van der Waals surface area contributed by atoms with Crippen molar-refractivity contribution in [1.29, 1.82) is 5.26 Å². The maximum absolute atomic E-state index is 13.1. The van der Waals surface area contributed by atoms with Gasteiger partial charge in [-0.25, -0.2) is 0 Å². The van der Waals surface area contributed by atoms with Gasteiger partial charge in [0.05, 0.1) is 24.2 Å². The van der Waals surface area contributed by atoms with Crippen molar-refractivity contribution >= 4 is 17.5 Å². The Kier molecular flexibility index (Phi) is 4.88. The van der Waals surface area contributed by atoms with Crippen LogP contribution in [-0.2, 0) is 17.9 Å². The van der Waals surface area contributed by atoms with Crippen molar-refractivity contribution in [1.82, 2.24) is 24.6 Å². The minimum Gasteiger partial charge on any atom is -0.340 e. The smallest absolute Gasteiger partial charge is 0.340 e. The SMILES string of the molecule is N#CC1(C(=O)N2CC3(CC(c4nnc5n4-c4ccc(Cl)cc4CN(C4CC(C(F)(F)F)C4)C5)C3)C2)CC1. The Morgan fingerprint density at radius 3 is 2.51 bits per heavy atom. The Morgan fingerprint density at radius 2 is 1.86 bits per heavy atom. The maximum atomic E-state index is 13.1. The largest absolute Gasteiger partial charge is 0.391 e. The number of halogens is 4. The Morgan fingerprint density at radius 1 is 1.14 bits per heavy atom. The number of nitrogens with zero attached hydrogens (tertiary/aromatic N) is 6. The van der Waals surface area contributed by atoms with Crippen LogP contribution >= 0.6 is 11.6 Å². The third-order valence-electron chi connectivity index (χ3n) is 9.29. The summed E-state index contributed by atoms with van der Waals surface area (Å²) in [4.78, 5) is 16.6. The van der Waals surface area contributed by atoms with Crippen molar-refractivity contribution in [3.63, 3.8) is 0 Å². The fourth-order valence-electron chi connectivity index (χ4n) is 6.86. The Hall–Kier alpha value is -2.64. The van der Waals surface area contributed by atoms with Gasteiger partial charge in [0, 0.05) is 42.0 Å². The van der Waals surface area contributed by atoms with Crippen LogP contribution in [0.1, 0.15) is 61.7 Å². The lowest BCUT2D eigenvalue weighted by atomic mass is 9.57. The molecule has 3 heterocycles. The van der Waals surface area contributed by atoms with Gasteiger partial charge in [-0.15, -0.1) is 10.2 Å². The number of benzene rings is 1. The molecule has 2 aromatic rings. The molecule has 7 nitrogen and oxygen atoms in total. The standard InChI is InChI=1S/C26H26ClF3N6O/c27-18-1-2-20-15(5-18)10-34(19-6-17(7-19)26(28,29)30)11-21-32-33-22(36(20)21)16-8-24(9-16)13-35(14-24)23(37)25(12-31)3-4-25/h1-2,5,16-17,19H,3-4,6-11,13-14H2. The third kappa shape index (κ3) is 3.61. The lowest BCUT2D eigenvalue weighted by Crippen LogP contribution is -2.64. The summed E-state index contributed by atoms with van der Waals surface area (Å²) in [6.07, 6.45) is -0.806. The molecule has 0 unspecified atom stereocenters. The summed E-state index contributed by atoms with van der Waals surface area (Å²) in [6, 6.07) is 7.71. The topological polar surface area (TPSA) is 78.0 Å². The van der Waals surface area contributed by atoms with Crippen LogP contribution in [0, 0.1) is 28.1 Å². The molecular weight excluding hydrogens is 505 g/mol. The van der Waals surface area contributed by atoms with Gasteiger partial charge in [-0.1, -0.05) is 11.6 Å². The number of amides is 1. The van der Waals surface area contributed by atoms with Gasteiger partial charge in [0.1, 0.15) is 11.2 Å². The average molecular weight is 531 g/mol. The minimum absolute atomic E-state index is 0.0185. The lowest BCUT2D eigenvalue weighted by Gasteiger charge is -2.59. The summed E-state index contributed by atoms with van der Waals surface area (Å²) in [7, 11) is 0. The molecule has 0 radical (unpaired) electrons. The molecule has 1 amide bonds. The molecular formula is C26H26ClF3N6O. The Labute approximate surface area is 217 Å². The molecule has 37 heavy (non-hydrogen) atoms. The normalized spacial score (nSPS) is 27.7. The zero-order valence-electron chi connectivity index (χ0n) is 20.1. The van der Waals surface area contributed by atoms with E-state index in [1.54, 1.807) is 0 Å². The van der Waals surface area contributed by atoms with E-state index in [-0.39, 0.29) is 36.1 Å². The van der Waals surface area contributed by atoms with E-state index < -0.39 is 17.5 Å². The van der Waals surface area contributed by atoms with Crippen LogP contribution < -0.4 is 0 Å². The summed E-state index contributed by atoms with van der Waals surface area (Å²) in [5, 5.41) is 19.0. The molecule has 4 fully saturated rings. The van der Waals surface area contributed by atoms with Crippen LogP contribution in [0.25, 0.3) is 5.69 Å². The summed E-state index contributed by atoms with van der Waals surface area (Å²) in [5.74, 6) is 0.541. The van der Waals surface area contributed by atoms with Gasteiger partial charge in [-0.3, -0.25) is 14.3 Å². The van der Waals surface area contributed by atoms with E-state index in [2.05, 4.69) is 25.7 Å². The predicted octanol–water partition coefficient (Wildman–Crippen LogP) is 4.59. The fraction of sp³-hybridized carbons (Fsp3) is 0.615. The molecule has 2 aliphatic heterocycles. The number of fused-ring (bicyclic) bond motifs is 3. The highest BCUT2D eigenvalue weighted by molar-refractivity contribution is 6.30. The van der Waals surface area contributed by atoms with Crippen LogP contribution in [0.15, 0.2) is 18.2 Å². The summed E-state index contributed by atoms with van der Waals surface area (Å²) >= 11 is 6.32. The number of hydrogen-bond donors (Lipinski definition) is 0. The van der Waals surface area contributed by atoms with Crippen LogP contribution in [0.2, 0.25) is 5.02 Å². The molecule has 1 aromatic carbocycles. The molecule has 3 aliphatic carbocycles. The maximum Gasteiger partial charge on any atom is 0.391 e. The first-order chi connectivity index (χ1) is 17.6. The van der Waals surface area contributed by atoms with Crippen molar-refractivity contribution < 1.29 is 18.0 Å². The van der Waals surface area contributed by atoms with Gasteiger partial charge in [0.25, 0.3) is 0 Å². The minimum atomic E-state index is -4.15. The molecule has 0 N–H and O–H groups in total. The van der Waals surface area contributed by atoms with E-state index >= 15 is 0 Å². The number of hydrogen-bond acceptors (Lipinski definition) is 5. The highest BCUT2D eigenvalue weighted by Crippen LogP contribution is 2.58. The number of carbonyl (C=O) groups is 1. The van der Waals surface area contributed by atoms with Crippen molar-refractivity contribution in [2.75, 3.05) is 13.1 Å². The number of rotatable bonds is 3. The van der Waals surface area contributed by atoms with Crippen LogP contribution in [0.3, 0.4) is 0 Å². The molecule has 1 spiro atoms. The van der Waals surface area contributed by atoms with E-state index in [0.29, 0.717) is 44.0 Å². The molecule has 1 aromatic heterocycles. The van der Waals surface area contributed by atoms with Crippen molar-refractivity contribution in [2.45, 2.75) is 69.8 Å². The first kappa shape index (κ1) is 23.5. The Bertz CT molecular complexity index is 1320. The molecule has 194 valence electrons. The average Bonchev–Trinajstić information content (AvgIpc) is 3.48. The summed E-state index contributed by atoms with van der Waals surface area (Å²) in [5.41, 5.74) is 1.20. The van der Waals surface area contributed by atoms with Crippen molar-refractivity contribution in [3.05, 3.63) is 40.4 Å². The summed E-state index contributed by atoms with van der Waals surface area (Å²) < 4.78 is 41.5. The first-order valence-electron chi connectivity index (χ1n) is 12.8. The van der Waals surface area contributed by atoms with Gasteiger partial charge in [-0.05, 0) is 62.3 Å². The van der Waals surface area contributed by atoms with Gasteiger partial charge in [-0.2, -0.15) is 18.4 Å².